The first-order chi connectivity index (χ1) is 12.9. The molecule has 0 radical (unpaired) electrons. The van der Waals surface area contributed by atoms with E-state index in [-0.39, 0.29) is 23.4 Å². The number of Topliss-reactive ketones (excluding diaryl/α,β-unsaturated/α-hetero) is 1. The fraction of sp³-hybridized carbons (Fsp3) is 0.619. The lowest BCUT2D eigenvalue weighted by molar-refractivity contribution is -0.129. The lowest BCUT2D eigenvalue weighted by atomic mass is 9.66. The Morgan fingerprint density at radius 1 is 1.15 bits per heavy atom. The van der Waals surface area contributed by atoms with E-state index >= 15 is 0 Å². The molecule has 0 heterocycles. The minimum atomic E-state index is -0.529. The van der Waals surface area contributed by atoms with Gasteiger partial charge in [-0.3, -0.25) is 9.59 Å². The Morgan fingerprint density at radius 2 is 1.78 bits per heavy atom. The Hall–Kier alpha value is -1.66. The topological polar surface area (TPSA) is 64.6 Å². The van der Waals surface area contributed by atoms with Crippen molar-refractivity contribution in [3.05, 3.63) is 35.9 Å². The van der Waals surface area contributed by atoms with Crippen LogP contribution in [0.25, 0.3) is 0 Å². The number of carbonyl (C=O) groups excluding carboxylic acids is 2. The normalized spacial score (nSPS) is 16.0. The zero-order chi connectivity index (χ0) is 19.8. The molecule has 1 aliphatic carbocycles. The molecule has 0 saturated heterocycles. The number of nitrogens with one attached hydrogen (secondary N) is 1. The molecule has 1 fully saturated rings. The molecule has 6 heteroatoms. The van der Waals surface area contributed by atoms with Gasteiger partial charge < -0.3 is 14.6 Å². The van der Waals surface area contributed by atoms with Crippen LogP contribution in [0.15, 0.2) is 30.3 Å². The Morgan fingerprint density at radius 3 is 2.30 bits per heavy atom. The highest BCUT2D eigenvalue weighted by Gasteiger charge is 2.37. The minimum absolute atomic E-state index is 0.00854. The van der Waals surface area contributed by atoms with Crippen molar-refractivity contribution in [3.8, 4) is 0 Å². The average Bonchev–Trinajstić information content (AvgIpc) is 3.46. The highest BCUT2D eigenvalue weighted by atomic mass is 16.6. The third-order valence-electron chi connectivity index (χ3n) is 5.16. The third kappa shape index (κ3) is 7.11. The van der Waals surface area contributed by atoms with Gasteiger partial charge in [0.1, 0.15) is 0 Å². The fourth-order valence-corrected chi connectivity index (χ4v) is 3.39. The van der Waals surface area contributed by atoms with E-state index in [1.54, 1.807) is 14.2 Å². The number of ketones is 1. The molecule has 148 valence electrons. The summed E-state index contributed by atoms with van der Waals surface area (Å²) in [5.74, 6) is 0.447. The van der Waals surface area contributed by atoms with Gasteiger partial charge in [0.15, 0.2) is 5.78 Å². The summed E-state index contributed by atoms with van der Waals surface area (Å²) in [5.41, 5.74) is 1.04. The maximum Gasteiger partial charge on any atom is 0.460 e. The Balaban J connectivity index is 2.10. The molecule has 1 aromatic rings. The van der Waals surface area contributed by atoms with E-state index in [0.29, 0.717) is 18.8 Å². The molecule has 1 aromatic carbocycles. The Labute approximate surface area is 163 Å². The molecule has 1 N–H and O–H groups in total. The van der Waals surface area contributed by atoms with Crippen LogP contribution in [0.2, 0.25) is 5.82 Å². The van der Waals surface area contributed by atoms with E-state index in [4.69, 9.17) is 9.31 Å². The van der Waals surface area contributed by atoms with Gasteiger partial charge in [0.05, 0.1) is 6.04 Å². The quantitative estimate of drug-likeness (QED) is 0.571. The Kier molecular flexibility index (Phi) is 8.51. The van der Waals surface area contributed by atoms with Crippen molar-refractivity contribution in [1.29, 1.82) is 0 Å². The van der Waals surface area contributed by atoms with Gasteiger partial charge in [0.25, 0.3) is 0 Å². The number of hydrogen-bond donors (Lipinski definition) is 1. The van der Waals surface area contributed by atoms with Crippen LogP contribution < -0.4 is 5.32 Å². The van der Waals surface area contributed by atoms with Gasteiger partial charge in [-0.1, -0.05) is 57.0 Å². The zero-order valence-corrected chi connectivity index (χ0v) is 16.9. The fourth-order valence-electron chi connectivity index (χ4n) is 3.39. The lowest BCUT2D eigenvalue weighted by Gasteiger charge is -2.24. The average molecular weight is 373 g/mol. The van der Waals surface area contributed by atoms with Crippen LogP contribution in [-0.4, -0.2) is 39.1 Å². The summed E-state index contributed by atoms with van der Waals surface area (Å²) < 4.78 is 10.9. The number of rotatable bonds is 12. The Bertz CT molecular complexity index is 599. The monoisotopic (exact) mass is 373 g/mol. The molecule has 0 spiro atoms. The number of benzene rings is 1. The molecule has 1 amide bonds. The van der Waals surface area contributed by atoms with Crippen molar-refractivity contribution in [2.24, 2.45) is 11.8 Å². The maximum atomic E-state index is 13.1. The van der Waals surface area contributed by atoms with E-state index in [2.05, 4.69) is 5.32 Å². The summed E-state index contributed by atoms with van der Waals surface area (Å²) in [6, 6.07) is 9.28. The van der Waals surface area contributed by atoms with Gasteiger partial charge >= 0.3 is 7.12 Å². The summed E-state index contributed by atoms with van der Waals surface area (Å²) >= 11 is 0. The molecule has 0 bridgehead atoms. The van der Waals surface area contributed by atoms with E-state index in [1.165, 1.54) is 12.8 Å². The maximum absolute atomic E-state index is 13.1. The van der Waals surface area contributed by atoms with Gasteiger partial charge in [-0.05, 0) is 24.3 Å². The van der Waals surface area contributed by atoms with Crippen LogP contribution in [0.1, 0.15) is 45.1 Å². The number of amides is 1. The largest absolute Gasteiger partial charge is 0.460 e. The second-order valence-corrected chi connectivity index (χ2v) is 7.85. The molecule has 5 nitrogen and oxygen atoms in total. The van der Waals surface area contributed by atoms with E-state index in [9.17, 15) is 9.59 Å². The predicted octanol–water partition coefficient (Wildman–Crippen LogP) is 3.28. The van der Waals surface area contributed by atoms with Crippen LogP contribution in [0, 0.1) is 11.8 Å². The van der Waals surface area contributed by atoms with Gasteiger partial charge in [-0.25, -0.2) is 0 Å². The standard InChI is InChI=1S/C21H32BNO4/c1-15(2)21(25)23-19(13-16-8-6-5-7-9-16)20(24)14-18(12-17-10-11-17)22(26-3)27-4/h5-9,15,17-19H,10-14H2,1-4H3,(H,23,25). The van der Waals surface area contributed by atoms with E-state index < -0.39 is 13.2 Å². The summed E-state index contributed by atoms with van der Waals surface area (Å²) in [4.78, 5) is 25.4. The minimum Gasteiger partial charge on any atom is -0.414 e. The molecular formula is C21H32BNO4. The van der Waals surface area contributed by atoms with Gasteiger partial charge in [0, 0.05) is 32.4 Å². The van der Waals surface area contributed by atoms with Gasteiger partial charge in [-0.2, -0.15) is 0 Å². The molecule has 2 unspecified atom stereocenters. The summed E-state index contributed by atoms with van der Waals surface area (Å²) in [7, 11) is 2.83. The molecular weight excluding hydrogens is 341 g/mol. The summed E-state index contributed by atoms with van der Waals surface area (Å²) in [6.45, 7) is 3.67. The lowest BCUT2D eigenvalue weighted by Crippen LogP contribution is -2.45. The molecule has 1 aliphatic rings. The molecule has 0 aliphatic heterocycles. The summed E-state index contributed by atoms with van der Waals surface area (Å²) in [6.07, 6.45) is 4.19. The predicted molar refractivity (Wildman–Crippen MR) is 107 cm³/mol. The first kappa shape index (κ1) is 21.6. The van der Waals surface area contributed by atoms with Crippen LogP contribution in [0.5, 0.6) is 0 Å². The van der Waals surface area contributed by atoms with Gasteiger partial charge in [-0.15, -0.1) is 0 Å². The third-order valence-corrected chi connectivity index (χ3v) is 5.16. The number of hydrogen-bond acceptors (Lipinski definition) is 4. The second kappa shape index (κ2) is 10.6. The van der Waals surface area contributed by atoms with Crippen molar-refractivity contribution >= 4 is 18.8 Å². The van der Waals surface area contributed by atoms with E-state index in [0.717, 1.165) is 12.0 Å². The first-order valence-corrected chi connectivity index (χ1v) is 9.87. The molecule has 2 rings (SSSR count). The van der Waals surface area contributed by atoms with E-state index in [1.807, 2.05) is 44.2 Å². The van der Waals surface area contributed by atoms with Crippen molar-refractivity contribution in [3.63, 3.8) is 0 Å². The zero-order valence-electron chi connectivity index (χ0n) is 16.9. The van der Waals surface area contributed by atoms with Crippen molar-refractivity contribution < 1.29 is 18.9 Å². The summed E-state index contributed by atoms with van der Waals surface area (Å²) in [5, 5.41) is 2.94. The highest BCUT2D eigenvalue weighted by molar-refractivity contribution is 6.46. The SMILES string of the molecule is COB(OC)C(CC(=O)C(Cc1ccccc1)NC(=O)C(C)C)CC1CC1. The first-order valence-electron chi connectivity index (χ1n) is 9.87. The number of carbonyl (C=O) groups is 2. The molecule has 1 saturated carbocycles. The van der Waals surface area contributed by atoms with Crippen LogP contribution in [0.4, 0.5) is 0 Å². The molecule has 2 atom stereocenters. The van der Waals surface area contributed by atoms with Crippen LogP contribution in [0.3, 0.4) is 0 Å². The highest BCUT2D eigenvalue weighted by Crippen LogP contribution is 2.40. The smallest absolute Gasteiger partial charge is 0.414 e. The molecule has 27 heavy (non-hydrogen) atoms. The second-order valence-electron chi connectivity index (χ2n) is 7.85. The van der Waals surface area contributed by atoms with Crippen molar-refractivity contribution in [1.82, 2.24) is 5.32 Å². The molecule has 0 aromatic heterocycles. The van der Waals surface area contributed by atoms with Crippen molar-refractivity contribution in [2.45, 2.75) is 57.8 Å². The van der Waals surface area contributed by atoms with Crippen molar-refractivity contribution in [2.75, 3.05) is 14.2 Å². The van der Waals surface area contributed by atoms with Gasteiger partial charge in [0.2, 0.25) is 5.91 Å². The van der Waals surface area contributed by atoms with Crippen LogP contribution >= 0.6 is 0 Å². The van der Waals surface area contributed by atoms with Crippen LogP contribution in [-0.2, 0) is 25.3 Å².